The number of hydrogen-bond acceptors (Lipinski definition) is 11. The van der Waals surface area contributed by atoms with Crippen LogP contribution in [-0.4, -0.2) is 91.7 Å². The summed E-state index contributed by atoms with van der Waals surface area (Å²) in [7, 11) is 0. The van der Waals surface area contributed by atoms with Crippen LogP contribution in [0.25, 0.3) is 0 Å². The minimum atomic E-state index is -1.37. The van der Waals surface area contributed by atoms with Gasteiger partial charge in [-0.05, 0) is 142 Å². The van der Waals surface area contributed by atoms with Crippen molar-refractivity contribution in [2.24, 2.45) is 23.0 Å². The molecule has 6 rings (SSSR count). The summed E-state index contributed by atoms with van der Waals surface area (Å²) in [6.45, 7) is 13.9. The number of aliphatic hydroxyl groups excluding tert-OH is 4. The second kappa shape index (κ2) is 21.3. The van der Waals surface area contributed by atoms with Crippen LogP contribution in [0.2, 0.25) is 0 Å². The van der Waals surface area contributed by atoms with Gasteiger partial charge in [0.15, 0.2) is 5.78 Å². The molecule has 1 spiro atoms. The standard InChI is InChI=1S/C53H74N4O8/c1-7-56-53(65,26-21-32(2)3)33(4)11-8-15-38(31-58)42-23-25-52(48(42)62)44-20-19-39(59)28-36-13-9-12-35(27-36)17-18-40(60)30-55-47-46-37(14-10-16-43(46)49(54)57-50(47)63)29-45(61)34(5)41(44)22-24-51(52,6)64/h8-16,21,27,39-40,42,44,47-49,55-56,58-60,62,64-65H,4,7,17-20,22-26,28-31,54H2,1-3,5-6H3,(H,57,63)/b11-8+,38-15-,41-34+/t39-,40-,42+,44+,47-,48+,49-,51+,52+,53+/m0/s1. The van der Waals surface area contributed by atoms with Crippen molar-refractivity contribution in [2.45, 2.75) is 147 Å². The van der Waals surface area contributed by atoms with E-state index < -0.39 is 59.1 Å². The zero-order valence-electron chi connectivity index (χ0n) is 39.1. The van der Waals surface area contributed by atoms with E-state index in [2.05, 4.69) is 22.5 Å². The van der Waals surface area contributed by atoms with Gasteiger partial charge in [0.1, 0.15) is 17.9 Å². The molecule has 2 aromatic carbocycles. The molecule has 2 heterocycles. The van der Waals surface area contributed by atoms with Gasteiger partial charge in [-0.1, -0.05) is 91.4 Å². The topological polar surface area (TPSA) is 218 Å². The van der Waals surface area contributed by atoms with Crippen molar-refractivity contribution < 1.29 is 40.2 Å². The first-order valence-corrected chi connectivity index (χ1v) is 23.6. The van der Waals surface area contributed by atoms with Crippen molar-refractivity contribution in [3.63, 3.8) is 0 Å². The molecule has 0 radical (unpaired) electrons. The molecule has 4 aliphatic rings. The fourth-order valence-electron chi connectivity index (χ4n) is 11.3. The molecule has 2 aromatic rings. The van der Waals surface area contributed by atoms with Gasteiger partial charge < -0.3 is 41.7 Å². The summed E-state index contributed by atoms with van der Waals surface area (Å²) in [5.41, 5.74) is 9.95. The van der Waals surface area contributed by atoms with Gasteiger partial charge in [0.2, 0.25) is 5.91 Å². The maximum Gasteiger partial charge on any atom is 0.243 e. The Balaban J connectivity index is 1.40. The molecule has 354 valence electrons. The molecule has 0 aromatic heterocycles. The average molecular weight is 895 g/mol. The summed E-state index contributed by atoms with van der Waals surface area (Å²) in [5, 5.41) is 79.6. The van der Waals surface area contributed by atoms with Crippen LogP contribution in [0.4, 0.5) is 0 Å². The Kier molecular flexibility index (Phi) is 16.5. The molecule has 12 heteroatoms. The van der Waals surface area contributed by atoms with Crippen LogP contribution >= 0.6 is 0 Å². The van der Waals surface area contributed by atoms with E-state index in [0.717, 1.165) is 22.3 Å². The lowest BCUT2D eigenvalue weighted by Gasteiger charge is -2.56. The Bertz CT molecular complexity index is 2190. The highest BCUT2D eigenvalue weighted by atomic mass is 16.3. The number of ketones is 1. The fourth-order valence-corrected chi connectivity index (χ4v) is 11.3. The fraction of sp³-hybridized carbons (Fsp3) is 0.547. The maximum atomic E-state index is 14.7. The summed E-state index contributed by atoms with van der Waals surface area (Å²) in [4.78, 5) is 28.3. The molecule has 2 saturated carbocycles. The molecular weight excluding hydrogens is 821 g/mol. The lowest BCUT2D eigenvalue weighted by Crippen LogP contribution is -2.59. The molecule has 2 aliphatic carbocycles. The van der Waals surface area contributed by atoms with Crippen LogP contribution in [-0.2, 0) is 28.9 Å². The van der Waals surface area contributed by atoms with Crippen molar-refractivity contribution in [1.82, 2.24) is 16.0 Å². The molecule has 2 bridgehead atoms. The van der Waals surface area contributed by atoms with Crippen LogP contribution in [0.5, 0.6) is 0 Å². The normalized spacial score (nSPS) is 32.6. The van der Waals surface area contributed by atoms with E-state index >= 15 is 0 Å². The van der Waals surface area contributed by atoms with Gasteiger partial charge in [-0.15, -0.1) is 0 Å². The second-order valence-corrected chi connectivity index (χ2v) is 19.6. The van der Waals surface area contributed by atoms with E-state index in [1.165, 1.54) is 0 Å². The number of allylic oxidation sites excluding steroid dienone is 5. The highest BCUT2D eigenvalue weighted by molar-refractivity contribution is 5.98. The summed E-state index contributed by atoms with van der Waals surface area (Å²) in [6.07, 6.45) is 7.74. The van der Waals surface area contributed by atoms with Gasteiger partial charge in [-0.25, -0.2) is 0 Å². The zero-order valence-corrected chi connectivity index (χ0v) is 39.1. The molecule has 11 N–H and O–H groups in total. The molecule has 2 aliphatic heterocycles. The van der Waals surface area contributed by atoms with Crippen molar-refractivity contribution >= 4 is 11.7 Å². The summed E-state index contributed by atoms with van der Waals surface area (Å²) in [5.74, 6) is -1.52. The van der Waals surface area contributed by atoms with E-state index in [9.17, 15) is 40.2 Å². The van der Waals surface area contributed by atoms with Gasteiger partial charge in [-0.3, -0.25) is 20.2 Å². The van der Waals surface area contributed by atoms with Gasteiger partial charge in [0.05, 0.1) is 30.5 Å². The highest BCUT2D eigenvalue weighted by Crippen LogP contribution is 2.63. The number of aliphatic hydroxyl groups is 6. The largest absolute Gasteiger partial charge is 0.393 e. The zero-order chi connectivity index (χ0) is 47.3. The Hall–Kier alpha value is -4.08. The van der Waals surface area contributed by atoms with Crippen LogP contribution in [0.3, 0.4) is 0 Å². The van der Waals surface area contributed by atoms with Crippen LogP contribution in [0.1, 0.15) is 126 Å². The number of nitrogens with two attached hydrogens (primary N) is 1. The predicted molar refractivity (Wildman–Crippen MR) is 254 cm³/mol. The quantitative estimate of drug-likeness (QED) is 0.0905. The average Bonchev–Trinajstić information content (AvgIpc) is 3.60. The number of β-amino-alcohol motifs (C(OH)–C–C–N with tert-alkyl or cyclic N) is 1. The highest BCUT2D eigenvalue weighted by Gasteiger charge is 2.64. The molecule has 65 heavy (non-hydrogen) atoms. The van der Waals surface area contributed by atoms with Crippen molar-refractivity contribution in [3.8, 4) is 0 Å². The van der Waals surface area contributed by atoms with E-state index in [-0.39, 0.29) is 31.3 Å². The smallest absolute Gasteiger partial charge is 0.243 e. The number of hydrogen-bond donors (Lipinski definition) is 10. The third-order valence-corrected chi connectivity index (χ3v) is 15.0. The minimum absolute atomic E-state index is 0.0237. The number of carbonyl (C=O) groups excluding carboxylic acids is 2. The molecule has 12 nitrogen and oxygen atoms in total. The molecule has 0 saturated heterocycles. The number of nitrogens with one attached hydrogen (secondary N) is 3. The Morgan fingerprint density at radius 1 is 1.02 bits per heavy atom. The molecule has 2 fully saturated rings. The first-order chi connectivity index (χ1) is 30.8. The summed E-state index contributed by atoms with van der Waals surface area (Å²) in [6, 6.07) is 12.6. The minimum Gasteiger partial charge on any atom is -0.393 e. The Morgan fingerprint density at radius 2 is 1.75 bits per heavy atom. The number of amides is 1. The number of rotatable bonds is 9. The third-order valence-electron chi connectivity index (χ3n) is 15.0. The molecule has 0 unspecified atom stereocenters. The first kappa shape index (κ1) is 50.3. The van der Waals surface area contributed by atoms with Crippen molar-refractivity contribution in [3.05, 3.63) is 129 Å². The summed E-state index contributed by atoms with van der Waals surface area (Å²) >= 11 is 0. The van der Waals surface area contributed by atoms with E-state index in [1.807, 2.05) is 76.2 Å². The summed E-state index contributed by atoms with van der Waals surface area (Å²) < 4.78 is 0. The Morgan fingerprint density at radius 3 is 2.48 bits per heavy atom. The number of aryl methyl sites for hydroxylation is 1. The third kappa shape index (κ3) is 10.9. The van der Waals surface area contributed by atoms with Crippen LogP contribution < -0.4 is 21.7 Å². The SMILES string of the molecule is C=C(/C=C/C=C(/CO)[C@H]1CC[C@@]2([C@@H]3CC[C@H](O)Cc4cccc(c4)CC[C@H](O)CN[C@@H]4C(=O)N[C@H](N)c5cccc(c54)CC(=O)/C(C)=C/3CC[C@@]2(C)O)[C@@H]1O)[C@](O)(CC=C(C)C)NCC. The number of carbonyl (C=O) groups is 2. The second-order valence-electron chi connectivity index (χ2n) is 19.6. The molecular formula is C53H74N4O8. The lowest BCUT2D eigenvalue weighted by atomic mass is 9.52. The number of likely N-dealkylation sites (N-methyl/N-ethyl adjacent to an activating group) is 1. The number of Topliss-reactive ketones (excluding diaryl/α,β-unsaturated/α-hetero) is 1. The molecule has 10 atom stereocenters. The molecule has 1 amide bonds. The number of fused-ring (bicyclic) bond motifs is 4. The van der Waals surface area contributed by atoms with Gasteiger partial charge in [0, 0.05) is 30.7 Å². The van der Waals surface area contributed by atoms with Crippen LogP contribution in [0.15, 0.2) is 101 Å². The van der Waals surface area contributed by atoms with E-state index in [0.29, 0.717) is 104 Å². The van der Waals surface area contributed by atoms with Gasteiger partial charge >= 0.3 is 0 Å². The monoisotopic (exact) mass is 895 g/mol. The van der Waals surface area contributed by atoms with Crippen LogP contribution in [0, 0.1) is 17.3 Å². The maximum absolute atomic E-state index is 14.7. The van der Waals surface area contributed by atoms with Crippen molar-refractivity contribution in [2.75, 3.05) is 19.7 Å². The van der Waals surface area contributed by atoms with Gasteiger partial charge in [0.25, 0.3) is 0 Å². The Labute approximate surface area is 385 Å². The number of benzene rings is 2. The van der Waals surface area contributed by atoms with E-state index in [1.54, 1.807) is 25.2 Å². The van der Waals surface area contributed by atoms with E-state index in [4.69, 9.17) is 5.73 Å². The van der Waals surface area contributed by atoms with Crippen molar-refractivity contribution in [1.29, 1.82) is 0 Å². The van der Waals surface area contributed by atoms with Gasteiger partial charge in [-0.2, -0.15) is 0 Å². The predicted octanol–water partition coefficient (Wildman–Crippen LogP) is 5.13. The first-order valence-electron chi connectivity index (χ1n) is 23.6. The lowest BCUT2D eigenvalue weighted by molar-refractivity contribution is -0.168.